The first-order chi connectivity index (χ1) is 13.9. The van der Waals surface area contributed by atoms with Crippen molar-refractivity contribution in [3.05, 3.63) is 71.3 Å². The molecule has 0 radical (unpaired) electrons. The first kappa shape index (κ1) is 22.2. The van der Waals surface area contributed by atoms with Gasteiger partial charge in [-0.15, -0.1) is 0 Å². The highest BCUT2D eigenvalue weighted by Crippen LogP contribution is 2.32. The third-order valence-electron chi connectivity index (χ3n) is 4.35. The topological polar surface area (TPSA) is 69.7 Å². The van der Waals surface area contributed by atoms with Crippen LogP contribution in [-0.2, 0) is 19.1 Å². The van der Waals surface area contributed by atoms with Crippen molar-refractivity contribution >= 4 is 17.7 Å². The molecule has 0 N–H and O–H groups in total. The summed E-state index contributed by atoms with van der Waals surface area (Å²) in [5, 5.41) is 0. The van der Waals surface area contributed by atoms with Gasteiger partial charge >= 0.3 is 11.9 Å². The van der Waals surface area contributed by atoms with Gasteiger partial charge in [-0.2, -0.15) is 0 Å². The van der Waals surface area contributed by atoms with E-state index < -0.39 is 41.2 Å². The smallest absolute Gasteiger partial charge is 0.320 e. The molecule has 0 bridgehead atoms. The van der Waals surface area contributed by atoms with E-state index in [1.807, 2.05) is 0 Å². The van der Waals surface area contributed by atoms with Crippen molar-refractivity contribution in [1.82, 2.24) is 0 Å². The van der Waals surface area contributed by atoms with Crippen LogP contribution in [0.1, 0.15) is 42.1 Å². The molecule has 0 amide bonds. The minimum Gasteiger partial charge on any atom is -0.465 e. The normalized spacial score (nSPS) is 11.8. The lowest BCUT2D eigenvalue weighted by Gasteiger charge is -2.24. The number of hydrogen-bond donors (Lipinski definition) is 0. The van der Waals surface area contributed by atoms with Gasteiger partial charge in [0.2, 0.25) is 0 Å². The first-order valence-corrected chi connectivity index (χ1v) is 9.24. The number of carbonyl (C=O) groups is 3. The van der Waals surface area contributed by atoms with Gasteiger partial charge in [-0.3, -0.25) is 14.4 Å². The number of benzene rings is 2. The molecule has 2 aromatic rings. The summed E-state index contributed by atoms with van der Waals surface area (Å²) >= 11 is 0. The van der Waals surface area contributed by atoms with Crippen LogP contribution in [0.2, 0.25) is 0 Å². The molecule has 1 atom stereocenters. The summed E-state index contributed by atoms with van der Waals surface area (Å²) in [4.78, 5) is 37.9. The summed E-state index contributed by atoms with van der Waals surface area (Å²) in [5.74, 6) is -5.39. The summed E-state index contributed by atoms with van der Waals surface area (Å²) in [6.07, 6.45) is -0.250. The van der Waals surface area contributed by atoms with Crippen LogP contribution in [-0.4, -0.2) is 30.9 Å². The van der Waals surface area contributed by atoms with Gasteiger partial charge in [-0.05, 0) is 55.8 Å². The molecule has 0 saturated heterocycles. The monoisotopic (exact) mass is 404 g/mol. The molecule has 0 heterocycles. The van der Waals surface area contributed by atoms with Gasteiger partial charge in [0, 0.05) is 17.9 Å². The second-order valence-corrected chi connectivity index (χ2v) is 6.27. The quantitative estimate of drug-likeness (QED) is 0.358. The third kappa shape index (κ3) is 5.94. The first-order valence-electron chi connectivity index (χ1n) is 9.24. The van der Waals surface area contributed by atoms with Crippen molar-refractivity contribution in [1.29, 1.82) is 0 Å². The number of carbonyl (C=O) groups excluding carboxylic acids is 3. The van der Waals surface area contributed by atoms with E-state index >= 15 is 0 Å². The fourth-order valence-electron chi connectivity index (χ4n) is 2.98. The Bertz CT molecular complexity index is 829. The second kappa shape index (κ2) is 10.5. The lowest BCUT2D eigenvalue weighted by Crippen LogP contribution is -2.34. The van der Waals surface area contributed by atoms with Crippen molar-refractivity contribution in [3.63, 3.8) is 0 Å². The van der Waals surface area contributed by atoms with Crippen molar-refractivity contribution in [2.75, 3.05) is 13.2 Å². The van der Waals surface area contributed by atoms with Crippen LogP contribution in [0.3, 0.4) is 0 Å². The Morgan fingerprint density at radius 2 is 1.24 bits per heavy atom. The fraction of sp³-hybridized carbons (Fsp3) is 0.318. The standard InChI is InChI=1S/C22H22F2O5/c1-3-28-21(26)20(22(27)29-4-2)18(14-5-9-16(23)10-6-14)13-19(25)15-7-11-17(24)12-8-15/h5-12,18,20H,3-4,13H2,1-2H3/t18-/m1/s1. The summed E-state index contributed by atoms with van der Waals surface area (Å²) in [6, 6.07) is 10.1. The number of ketones is 1. The molecule has 29 heavy (non-hydrogen) atoms. The van der Waals surface area contributed by atoms with Gasteiger partial charge < -0.3 is 9.47 Å². The maximum absolute atomic E-state index is 13.4. The van der Waals surface area contributed by atoms with Crippen LogP contribution < -0.4 is 0 Å². The average molecular weight is 404 g/mol. The van der Waals surface area contributed by atoms with Crippen LogP contribution in [0.25, 0.3) is 0 Å². The van der Waals surface area contributed by atoms with Crippen LogP contribution in [0.5, 0.6) is 0 Å². The van der Waals surface area contributed by atoms with E-state index in [4.69, 9.17) is 9.47 Å². The molecule has 154 valence electrons. The van der Waals surface area contributed by atoms with Crippen molar-refractivity contribution in [2.45, 2.75) is 26.2 Å². The lowest BCUT2D eigenvalue weighted by atomic mass is 9.81. The zero-order valence-corrected chi connectivity index (χ0v) is 16.2. The lowest BCUT2D eigenvalue weighted by molar-refractivity contribution is -0.162. The van der Waals surface area contributed by atoms with Crippen molar-refractivity contribution < 1.29 is 32.6 Å². The second-order valence-electron chi connectivity index (χ2n) is 6.27. The predicted molar refractivity (Wildman–Crippen MR) is 101 cm³/mol. The van der Waals surface area contributed by atoms with E-state index in [9.17, 15) is 23.2 Å². The Labute approximate surface area is 167 Å². The summed E-state index contributed by atoms with van der Waals surface area (Å²) < 4.78 is 36.6. The Morgan fingerprint density at radius 1 is 0.793 bits per heavy atom. The van der Waals surface area contributed by atoms with Gasteiger partial charge in [0.1, 0.15) is 11.6 Å². The van der Waals surface area contributed by atoms with Gasteiger partial charge in [0.15, 0.2) is 11.7 Å². The summed E-state index contributed by atoms with van der Waals surface area (Å²) in [5.41, 5.74) is 0.637. The SMILES string of the molecule is CCOC(=O)C(C(=O)OCC)[C@H](CC(=O)c1ccc(F)cc1)c1ccc(F)cc1. The summed E-state index contributed by atoms with van der Waals surface area (Å²) in [6.45, 7) is 3.26. The minimum absolute atomic E-state index is 0.0385. The van der Waals surface area contributed by atoms with E-state index in [0.717, 1.165) is 12.1 Å². The van der Waals surface area contributed by atoms with E-state index in [-0.39, 0.29) is 25.2 Å². The van der Waals surface area contributed by atoms with E-state index in [1.165, 1.54) is 36.4 Å². The molecule has 0 aliphatic carbocycles. The summed E-state index contributed by atoms with van der Waals surface area (Å²) in [7, 11) is 0. The molecule has 0 saturated carbocycles. The molecular weight excluding hydrogens is 382 g/mol. The number of esters is 2. The molecule has 2 rings (SSSR count). The Kier molecular flexibility index (Phi) is 8.00. The highest BCUT2D eigenvalue weighted by Gasteiger charge is 2.39. The molecule has 2 aromatic carbocycles. The van der Waals surface area contributed by atoms with Crippen LogP contribution in [0.4, 0.5) is 8.78 Å². The molecule has 0 aromatic heterocycles. The van der Waals surface area contributed by atoms with E-state index in [2.05, 4.69) is 0 Å². The van der Waals surface area contributed by atoms with Crippen LogP contribution in [0.15, 0.2) is 48.5 Å². The zero-order chi connectivity index (χ0) is 21.4. The van der Waals surface area contributed by atoms with Crippen molar-refractivity contribution in [3.8, 4) is 0 Å². The van der Waals surface area contributed by atoms with E-state index in [0.29, 0.717) is 5.56 Å². The number of halogens is 2. The Balaban J connectivity index is 2.44. The number of ether oxygens (including phenoxy) is 2. The van der Waals surface area contributed by atoms with Crippen LogP contribution >= 0.6 is 0 Å². The Morgan fingerprint density at radius 3 is 1.69 bits per heavy atom. The largest absolute Gasteiger partial charge is 0.465 e. The number of Topliss-reactive ketones (excluding diaryl/α,β-unsaturated/α-hetero) is 1. The predicted octanol–water partition coefficient (Wildman–Crippen LogP) is 4.06. The third-order valence-corrected chi connectivity index (χ3v) is 4.35. The van der Waals surface area contributed by atoms with Gasteiger partial charge in [-0.1, -0.05) is 12.1 Å². The van der Waals surface area contributed by atoms with Gasteiger partial charge in [0.05, 0.1) is 13.2 Å². The molecule has 0 spiro atoms. The van der Waals surface area contributed by atoms with Gasteiger partial charge in [-0.25, -0.2) is 8.78 Å². The Hall–Kier alpha value is -3.09. The average Bonchev–Trinajstić information content (AvgIpc) is 2.69. The fourth-order valence-corrected chi connectivity index (χ4v) is 2.98. The highest BCUT2D eigenvalue weighted by molar-refractivity contribution is 6.00. The molecule has 0 aliphatic rings. The number of hydrogen-bond acceptors (Lipinski definition) is 5. The van der Waals surface area contributed by atoms with Gasteiger partial charge in [0.25, 0.3) is 0 Å². The zero-order valence-electron chi connectivity index (χ0n) is 16.2. The molecular formula is C22H22F2O5. The molecule has 0 unspecified atom stereocenters. The molecule has 5 nitrogen and oxygen atoms in total. The van der Waals surface area contributed by atoms with E-state index in [1.54, 1.807) is 13.8 Å². The minimum atomic E-state index is -1.40. The maximum atomic E-state index is 13.4. The maximum Gasteiger partial charge on any atom is 0.320 e. The van der Waals surface area contributed by atoms with Crippen LogP contribution in [0, 0.1) is 17.6 Å². The van der Waals surface area contributed by atoms with Crippen molar-refractivity contribution in [2.24, 2.45) is 5.92 Å². The highest BCUT2D eigenvalue weighted by atomic mass is 19.1. The molecule has 0 aliphatic heterocycles. The molecule has 0 fully saturated rings. The molecule has 7 heteroatoms. The number of rotatable bonds is 9.